The average molecular weight is 295 g/mol. The van der Waals surface area contributed by atoms with Crippen molar-refractivity contribution in [3.8, 4) is 0 Å². The molecular formula is C15H15F2NO3. The van der Waals surface area contributed by atoms with Crippen molar-refractivity contribution in [2.24, 2.45) is 0 Å². The molecule has 2 rings (SSSR count). The molecule has 0 aliphatic rings. The fourth-order valence-corrected chi connectivity index (χ4v) is 1.83. The number of hydrogen-bond acceptors (Lipinski definition) is 3. The summed E-state index contributed by atoms with van der Waals surface area (Å²) in [4.78, 5) is 11.8. The van der Waals surface area contributed by atoms with E-state index in [9.17, 15) is 18.7 Å². The molecule has 6 heteroatoms. The number of carbonyl (C=O) groups excluding carboxylic acids is 1. The van der Waals surface area contributed by atoms with Crippen molar-refractivity contribution in [3.63, 3.8) is 0 Å². The highest BCUT2D eigenvalue weighted by Gasteiger charge is 2.28. The lowest BCUT2D eigenvalue weighted by Crippen LogP contribution is -2.38. The highest BCUT2D eigenvalue weighted by atomic mass is 19.1. The maximum atomic E-state index is 13.5. The van der Waals surface area contributed by atoms with Gasteiger partial charge in [-0.15, -0.1) is 0 Å². The molecule has 1 unspecified atom stereocenters. The molecule has 21 heavy (non-hydrogen) atoms. The van der Waals surface area contributed by atoms with Gasteiger partial charge in [0.05, 0.1) is 12.1 Å². The van der Waals surface area contributed by atoms with E-state index in [4.69, 9.17) is 4.42 Å². The molecular weight excluding hydrogens is 280 g/mol. The average Bonchev–Trinajstić information content (AvgIpc) is 2.84. The Balaban J connectivity index is 2.06. The van der Waals surface area contributed by atoms with Gasteiger partial charge < -0.3 is 14.8 Å². The smallest absolute Gasteiger partial charge is 0.254 e. The summed E-state index contributed by atoms with van der Waals surface area (Å²) in [5, 5.41) is 12.6. The summed E-state index contributed by atoms with van der Waals surface area (Å²) in [5.74, 6) is -1.54. The first-order valence-electron chi connectivity index (χ1n) is 6.32. The van der Waals surface area contributed by atoms with Gasteiger partial charge in [0.15, 0.2) is 0 Å². The number of aryl methyl sites for hydroxylation is 1. The first-order chi connectivity index (χ1) is 9.79. The Morgan fingerprint density at radius 1 is 1.33 bits per heavy atom. The number of rotatable bonds is 4. The molecule has 0 aliphatic heterocycles. The Morgan fingerprint density at radius 3 is 2.62 bits per heavy atom. The van der Waals surface area contributed by atoms with E-state index in [2.05, 4.69) is 5.32 Å². The second-order valence-corrected chi connectivity index (χ2v) is 4.99. The van der Waals surface area contributed by atoms with E-state index in [1.54, 1.807) is 19.1 Å². The molecule has 112 valence electrons. The number of amides is 1. The van der Waals surface area contributed by atoms with Crippen molar-refractivity contribution in [3.05, 3.63) is 59.1 Å². The third-order valence-electron chi connectivity index (χ3n) is 3.04. The van der Waals surface area contributed by atoms with Gasteiger partial charge in [-0.1, -0.05) is 0 Å². The summed E-state index contributed by atoms with van der Waals surface area (Å²) >= 11 is 0. The molecule has 0 bridgehead atoms. The van der Waals surface area contributed by atoms with Crippen molar-refractivity contribution < 1.29 is 23.1 Å². The molecule has 2 N–H and O–H groups in total. The third kappa shape index (κ3) is 3.46. The number of carbonyl (C=O) groups is 1. The van der Waals surface area contributed by atoms with Crippen LogP contribution >= 0.6 is 0 Å². The van der Waals surface area contributed by atoms with Gasteiger partial charge in [0.25, 0.3) is 5.91 Å². The Kier molecular flexibility index (Phi) is 4.09. The molecule has 1 atom stereocenters. The van der Waals surface area contributed by atoms with E-state index < -0.39 is 23.1 Å². The summed E-state index contributed by atoms with van der Waals surface area (Å²) < 4.78 is 31.6. The van der Waals surface area contributed by atoms with Gasteiger partial charge in [0, 0.05) is 6.07 Å². The van der Waals surface area contributed by atoms with Crippen LogP contribution in [-0.2, 0) is 5.60 Å². The quantitative estimate of drug-likeness (QED) is 0.911. The fourth-order valence-electron chi connectivity index (χ4n) is 1.83. The lowest BCUT2D eigenvalue weighted by molar-refractivity contribution is 0.0322. The summed E-state index contributed by atoms with van der Waals surface area (Å²) in [6.45, 7) is 3.02. The molecule has 2 aromatic rings. The fraction of sp³-hybridized carbons (Fsp3) is 0.267. The van der Waals surface area contributed by atoms with Crippen LogP contribution < -0.4 is 5.32 Å². The molecule has 0 radical (unpaired) electrons. The third-order valence-corrected chi connectivity index (χ3v) is 3.04. The monoisotopic (exact) mass is 295 g/mol. The first-order valence-corrected chi connectivity index (χ1v) is 6.32. The van der Waals surface area contributed by atoms with Crippen molar-refractivity contribution >= 4 is 5.91 Å². The number of aliphatic hydroxyl groups is 1. The molecule has 0 spiro atoms. The zero-order valence-corrected chi connectivity index (χ0v) is 11.6. The standard InChI is InChI=1S/C15H15F2NO3/c1-9-3-6-13(21-9)15(2,20)8-18-14(19)11-5-4-10(16)7-12(11)17/h3-7,20H,8H2,1-2H3,(H,18,19). The van der Waals surface area contributed by atoms with E-state index in [0.717, 1.165) is 12.1 Å². The number of benzene rings is 1. The molecule has 1 amide bonds. The van der Waals surface area contributed by atoms with Crippen molar-refractivity contribution in [2.45, 2.75) is 19.4 Å². The van der Waals surface area contributed by atoms with Gasteiger partial charge in [-0.25, -0.2) is 8.78 Å². The number of nitrogens with one attached hydrogen (secondary N) is 1. The van der Waals surface area contributed by atoms with Gasteiger partial charge in [-0.2, -0.15) is 0 Å². The van der Waals surface area contributed by atoms with Crippen LogP contribution in [0.1, 0.15) is 28.8 Å². The minimum absolute atomic E-state index is 0.171. The minimum atomic E-state index is -1.43. The SMILES string of the molecule is Cc1ccc(C(C)(O)CNC(=O)c2ccc(F)cc2F)o1. The maximum absolute atomic E-state index is 13.5. The molecule has 0 aliphatic carbocycles. The van der Waals surface area contributed by atoms with Crippen LogP contribution in [-0.4, -0.2) is 17.6 Å². The Morgan fingerprint density at radius 2 is 2.05 bits per heavy atom. The predicted octanol–water partition coefficient (Wildman–Crippen LogP) is 2.50. The number of furan rings is 1. The lowest BCUT2D eigenvalue weighted by Gasteiger charge is -2.21. The topological polar surface area (TPSA) is 62.5 Å². The molecule has 1 heterocycles. The number of hydrogen-bond donors (Lipinski definition) is 2. The molecule has 0 saturated carbocycles. The highest BCUT2D eigenvalue weighted by molar-refractivity contribution is 5.94. The van der Waals surface area contributed by atoms with Gasteiger partial charge >= 0.3 is 0 Å². The zero-order valence-electron chi connectivity index (χ0n) is 11.6. The van der Waals surface area contributed by atoms with Crippen LogP contribution in [0.4, 0.5) is 8.78 Å². The van der Waals surface area contributed by atoms with Crippen molar-refractivity contribution in [1.29, 1.82) is 0 Å². The second-order valence-electron chi connectivity index (χ2n) is 4.99. The highest BCUT2D eigenvalue weighted by Crippen LogP contribution is 2.22. The van der Waals surface area contributed by atoms with Crippen molar-refractivity contribution in [1.82, 2.24) is 5.32 Å². The largest absolute Gasteiger partial charge is 0.463 e. The van der Waals surface area contributed by atoms with E-state index >= 15 is 0 Å². The van der Waals surface area contributed by atoms with Crippen LogP contribution in [0.2, 0.25) is 0 Å². The van der Waals surface area contributed by atoms with E-state index in [0.29, 0.717) is 17.6 Å². The Hall–Kier alpha value is -2.21. The van der Waals surface area contributed by atoms with Gasteiger partial charge in [-0.05, 0) is 38.1 Å². The predicted molar refractivity (Wildman–Crippen MR) is 71.7 cm³/mol. The summed E-state index contributed by atoms with van der Waals surface area (Å²) in [6.07, 6.45) is 0. The molecule has 1 aromatic carbocycles. The van der Waals surface area contributed by atoms with Gasteiger partial charge in [0.1, 0.15) is 28.8 Å². The molecule has 0 fully saturated rings. The molecule has 0 saturated heterocycles. The van der Waals surface area contributed by atoms with Gasteiger partial charge in [-0.3, -0.25) is 4.79 Å². The lowest BCUT2D eigenvalue weighted by atomic mass is 10.0. The van der Waals surface area contributed by atoms with Crippen LogP contribution in [0.15, 0.2) is 34.7 Å². The molecule has 4 nitrogen and oxygen atoms in total. The normalized spacial score (nSPS) is 13.8. The maximum Gasteiger partial charge on any atom is 0.254 e. The second kappa shape index (κ2) is 5.65. The van der Waals surface area contributed by atoms with Crippen LogP contribution in [0, 0.1) is 18.6 Å². The van der Waals surface area contributed by atoms with Crippen LogP contribution in [0.3, 0.4) is 0 Å². The number of halogens is 2. The first kappa shape index (κ1) is 15.2. The van der Waals surface area contributed by atoms with E-state index in [1.807, 2.05) is 0 Å². The minimum Gasteiger partial charge on any atom is -0.463 e. The molecule has 1 aromatic heterocycles. The van der Waals surface area contributed by atoms with Gasteiger partial charge in [0.2, 0.25) is 0 Å². The van der Waals surface area contributed by atoms with E-state index in [1.165, 1.54) is 6.92 Å². The Bertz CT molecular complexity index is 665. The summed E-state index contributed by atoms with van der Waals surface area (Å²) in [7, 11) is 0. The van der Waals surface area contributed by atoms with Crippen LogP contribution in [0.5, 0.6) is 0 Å². The summed E-state index contributed by atoms with van der Waals surface area (Å²) in [6, 6.07) is 5.95. The Labute approximate surface area is 120 Å². The summed E-state index contributed by atoms with van der Waals surface area (Å²) in [5.41, 5.74) is -1.72. The van der Waals surface area contributed by atoms with E-state index in [-0.39, 0.29) is 12.1 Å². The van der Waals surface area contributed by atoms with Crippen molar-refractivity contribution in [2.75, 3.05) is 6.54 Å². The van der Waals surface area contributed by atoms with Crippen LogP contribution in [0.25, 0.3) is 0 Å². The zero-order chi connectivity index (χ0) is 15.6.